The summed E-state index contributed by atoms with van der Waals surface area (Å²) < 4.78 is 6.01. The van der Waals surface area contributed by atoms with Gasteiger partial charge < -0.3 is 21.3 Å². The summed E-state index contributed by atoms with van der Waals surface area (Å²) in [6, 6.07) is 3.33. The molecule has 0 amide bonds. The molecule has 0 saturated heterocycles. The van der Waals surface area contributed by atoms with E-state index in [2.05, 4.69) is 26.1 Å². The summed E-state index contributed by atoms with van der Waals surface area (Å²) in [6.07, 6.45) is 1.34. The molecule has 0 aliphatic heterocycles. The smallest absolute Gasteiger partial charge is 0.211 e. The number of nitrogens with two attached hydrogens (primary N) is 2. The minimum absolute atomic E-state index is 0.00964. The van der Waals surface area contributed by atoms with Gasteiger partial charge in [0.1, 0.15) is 0 Å². The summed E-state index contributed by atoms with van der Waals surface area (Å²) in [5.41, 5.74) is 10.7. The van der Waals surface area contributed by atoms with E-state index in [1.54, 1.807) is 12.1 Å². The number of halogens is 1. The summed E-state index contributed by atoms with van der Waals surface area (Å²) in [5, 5.41) is 16.9. The SMILES string of the molecule is CCOc1cc(Br)cc(C=NN=C(N)N)c1O. The van der Waals surface area contributed by atoms with Crippen LogP contribution in [0.3, 0.4) is 0 Å². The number of guanidine groups is 1. The summed E-state index contributed by atoms with van der Waals surface area (Å²) in [6.45, 7) is 2.28. The fraction of sp³-hybridized carbons (Fsp3) is 0.200. The van der Waals surface area contributed by atoms with Crippen LogP contribution in [0.2, 0.25) is 0 Å². The molecule has 0 aliphatic carbocycles. The molecule has 0 heterocycles. The Bertz CT molecular complexity index is 456. The van der Waals surface area contributed by atoms with Crippen LogP contribution in [-0.2, 0) is 0 Å². The van der Waals surface area contributed by atoms with Gasteiger partial charge in [-0.25, -0.2) is 0 Å². The maximum absolute atomic E-state index is 9.86. The predicted octanol–water partition coefficient (Wildman–Crippen LogP) is 1.16. The van der Waals surface area contributed by atoms with E-state index in [9.17, 15) is 5.11 Å². The second kappa shape index (κ2) is 6.09. The van der Waals surface area contributed by atoms with Crippen molar-refractivity contribution in [3.63, 3.8) is 0 Å². The zero-order valence-corrected chi connectivity index (χ0v) is 10.8. The van der Waals surface area contributed by atoms with Crippen LogP contribution in [0.4, 0.5) is 0 Å². The van der Waals surface area contributed by atoms with E-state index in [0.717, 1.165) is 4.47 Å². The van der Waals surface area contributed by atoms with E-state index in [0.29, 0.717) is 17.9 Å². The first kappa shape index (κ1) is 13.3. The Balaban J connectivity index is 3.07. The Labute approximate surface area is 107 Å². The second-order valence-corrected chi connectivity index (χ2v) is 3.96. The van der Waals surface area contributed by atoms with E-state index in [-0.39, 0.29) is 11.7 Å². The summed E-state index contributed by atoms with van der Waals surface area (Å²) in [4.78, 5) is 0. The molecule has 0 radical (unpaired) electrons. The molecule has 17 heavy (non-hydrogen) atoms. The average Bonchev–Trinajstić information content (AvgIpc) is 2.24. The molecule has 92 valence electrons. The van der Waals surface area contributed by atoms with Gasteiger partial charge in [-0.1, -0.05) is 15.9 Å². The van der Waals surface area contributed by atoms with Crippen LogP contribution in [-0.4, -0.2) is 23.9 Å². The second-order valence-electron chi connectivity index (χ2n) is 3.04. The van der Waals surface area contributed by atoms with Crippen LogP contribution in [0.25, 0.3) is 0 Å². The molecule has 0 aromatic heterocycles. The molecule has 1 rings (SSSR count). The van der Waals surface area contributed by atoms with Crippen molar-refractivity contribution >= 4 is 28.1 Å². The minimum atomic E-state index is -0.152. The van der Waals surface area contributed by atoms with Crippen molar-refractivity contribution in [3.8, 4) is 11.5 Å². The first-order valence-electron chi connectivity index (χ1n) is 4.82. The van der Waals surface area contributed by atoms with E-state index < -0.39 is 0 Å². The molecule has 0 saturated carbocycles. The maximum atomic E-state index is 9.86. The van der Waals surface area contributed by atoms with E-state index in [4.69, 9.17) is 16.2 Å². The van der Waals surface area contributed by atoms with Crippen molar-refractivity contribution in [1.29, 1.82) is 0 Å². The number of hydrogen-bond acceptors (Lipinski definition) is 4. The highest BCUT2D eigenvalue weighted by Crippen LogP contribution is 2.32. The number of benzene rings is 1. The summed E-state index contributed by atoms with van der Waals surface area (Å²) in [5.74, 6) is 0.207. The first-order chi connectivity index (χ1) is 8.04. The minimum Gasteiger partial charge on any atom is -0.504 e. The number of phenolic OH excluding ortho intramolecular Hbond substituents is 1. The molecule has 6 nitrogen and oxygen atoms in total. The van der Waals surface area contributed by atoms with Crippen LogP contribution in [0.15, 0.2) is 26.8 Å². The van der Waals surface area contributed by atoms with E-state index in [1.165, 1.54) is 6.21 Å². The van der Waals surface area contributed by atoms with Crippen LogP contribution < -0.4 is 16.2 Å². The lowest BCUT2D eigenvalue weighted by atomic mass is 10.2. The lowest BCUT2D eigenvalue weighted by Gasteiger charge is -2.08. The van der Waals surface area contributed by atoms with Gasteiger partial charge in [-0.05, 0) is 19.1 Å². The molecule has 0 bridgehead atoms. The zero-order valence-electron chi connectivity index (χ0n) is 9.22. The van der Waals surface area contributed by atoms with Crippen LogP contribution in [0.5, 0.6) is 11.5 Å². The molecular formula is C10H13BrN4O2. The third-order valence-electron chi connectivity index (χ3n) is 1.74. The number of rotatable bonds is 4. The first-order valence-corrected chi connectivity index (χ1v) is 5.61. The molecule has 0 atom stereocenters. The Kier molecular flexibility index (Phi) is 4.77. The lowest BCUT2D eigenvalue weighted by molar-refractivity contribution is 0.317. The molecule has 0 unspecified atom stereocenters. The highest BCUT2D eigenvalue weighted by atomic mass is 79.9. The molecule has 1 aromatic carbocycles. The Hall–Kier alpha value is -1.76. The molecular weight excluding hydrogens is 288 g/mol. The van der Waals surface area contributed by atoms with Crippen molar-refractivity contribution in [1.82, 2.24) is 0 Å². The normalized spacial score (nSPS) is 10.5. The molecule has 7 heteroatoms. The molecule has 0 aliphatic rings. The van der Waals surface area contributed by atoms with Gasteiger partial charge in [0.15, 0.2) is 11.5 Å². The highest BCUT2D eigenvalue weighted by Gasteiger charge is 2.08. The monoisotopic (exact) mass is 300 g/mol. The number of aromatic hydroxyl groups is 1. The molecule has 5 N–H and O–H groups in total. The van der Waals surface area contributed by atoms with Crippen LogP contribution >= 0.6 is 15.9 Å². The molecule has 1 aromatic rings. The van der Waals surface area contributed by atoms with Gasteiger partial charge in [-0.3, -0.25) is 0 Å². The van der Waals surface area contributed by atoms with E-state index in [1.807, 2.05) is 6.92 Å². The average molecular weight is 301 g/mol. The van der Waals surface area contributed by atoms with Gasteiger partial charge in [-0.2, -0.15) is 5.10 Å². The van der Waals surface area contributed by atoms with Crippen molar-refractivity contribution in [3.05, 3.63) is 22.2 Å². The van der Waals surface area contributed by atoms with E-state index >= 15 is 0 Å². The fourth-order valence-electron chi connectivity index (χ4n) is 1.12. The summed E-state index contributed by atoms with van der Waals surface area (Å²) in [7, 11) is 0. The topological polar surface area (TPSA) is 106 Å². The van der Waals surface area contributed by atoms with Gasteiger partial charge in [0.05, 0.1) is 12.8 Å². The highest BCUT2D eigenvalue weighted by molar-refractivity contribution is 9.10. The maximum Gasteiger partial charge on any atom is 0.211 e. The van der Waals surface area contributed by atoms with Gasteiger partial charge in [0.25, 0.3) is 0 Å². The third-order valence-corrected chi connectivity index (χ3v) is 2.20. The van der Waals surface area contributed by atoms with Gasteiger partial charge in [0, 0.05) is 10.0 Å². The van der Waals surface area contributed by atoms with Gasteiger partial charge >= 0.3 is 0 Å². The number of ether oxygens (including phenoxy) is 1. The van der Waals surface area contributed by atoms with Crippen molar-refractivity contribution < 1.29 is 9.84 Å². The quantitative estimate of drug-likeness (QED) is 0.441. The lowest BCUT2D eigenvalue weighted by Crippen LogP contribution is -2.21. The fourth-order valence-corrected chi connectivity index (χ4v) is 1.57. The molecule has 0 spiro atoms. The Morgan fingerprint density at radius 3 is 2.82 bits per heavy atom. The summed E-state index contributed by atoms with van der Waals surface area (Å²) >= 11 is 3.30. The van der Waals surface area contributed by atoms with Gasteiger partial charge in [0.2, 0.25) is 5.96 Å². The van der Waals surface area contributed by atoms with Gasteiger partial charge in [-0.15, -0.1) is 5.10 Å². The van der Waals surface area contributed by atoms with Crippen LogP contribution in [0.1, 0.15) is 12.5 Å². The number of hydrogen-bond donors (Lipinski definition) is 3. The zero-order chi connectivity index (χ0) is 12.8. The standard InChI is InChI=1S/C10H13BrN4O2/c1-2-17-8-4-7(11)3-6(9(8)16)5-14-15-10(12)13/h3-5,16H,2H2,1H3,(H4,12,13,15). The number of phenols is 1. The van der Waals surface area contributed by atoms with Crippen molar-refractivity contribution in [2.75, 3.05) is 6.61 Å². The predicted molar refractivity (Wildman–Crippen MR) is 70.4 cm³/mol. The Morgan fingerprint density at radius 2 is 2.24 bits per heavy atom. The number of nitrogens with zero attached hydrogens (tertiary/aromatic N) is 2. The van der Waals surface area contributed by atoms with Crippen molar-refractivity contribution in [2.24, 2.45) is 21.7 Å². The Morgan fingerprint density at radius 1 is 1.53 bits per heavy atom. The largest absolute Gasteiger partial charge is 0.504 e. The molecule has 0 fully saturated rings. The third kappa shape index (κ3) is 3.95. The van der Waals surface area contributed by atoms with Crippen LogP contribution in [0, 0.1) is 0 Å². The van der Waals surface area contributed by atoms with Crippen molar-refractivity contribution in [2.45, 2.75) is 6.92 Å².